The van der Waals surface area contributed by atoms with Gasteiger partial charge in [0.2, 0.25) is 0 Å². The molecule has 356 valence electrons. The summed E-state index contributed by atoms with van der Waals surface area (Å²) in [6.07, 6.45) is -12.2. The van der Waals surface area contributed by atoms with Crippen LogP contribution in [-0.2, 0) is 33.2 Å². The molecular formula is C45H74O17. The van der Waals surface area contributed by atoms with Gasteiger partial charge in [0.1, 0.15) is 54.9 Å². The molecule has 0 aromatic heterocycles. The highest BCUT2D eigenvalue weighted by molar-refractivity contribution is 5.33. The molecule has 10 N–H and O–H groups in total. The molecule has 17 nitrogen and oxygen atoms in total. The van der Waals surface area contributed by atoms with Crippen molar-refractivity contribution in [2.75, 3.05) is 19.8 Å². The van der Waals surface area contributed by atoms with Gasteiger partial charge in [-0.3, -0.25) is 0 Å². The van der Waals surface area contributed by atoms with Crippen LogP contribution in [0.4, 0.5) is 0 Å². The van der Waals surface area contributed by atoms with Gasteiger partial charge in [-0.25, -0.2) is 0 Å². The van der Waals surface area contributed by atoms with Crippen LogP contribution in [0.3, 0.4) is 0 Å². The summed E-state index contributed by atoms with van der Waals surface area (Å²) in [7, 11) is 0. The molecule has 0 aromatic carbocycles. The molecule has 9 rings (SSSR count). The van der Waals surface area contributed by atoms with Gasteiger partial charge in [-0.15, -0.1) is 0 Å². The minimum Gasteiger partial charge on any atom is -0.393 e. The lowest BCUT2D eigenvalue weighted by Gasteiger charge is -2.65. The standard InChI is InChI=1S/C45H74O17/c1-39(2)26(60-38-33(30(52)23(49)18-58-38)61-37-32(54)29(51)22(48)17-57-37)9-11-45-19-44(45)13-12-41(5)34(43(7)10-8-27(62-43)40(3,4)55)20(46)15-42(41,6)25(44)14-24(35(39)45)59-36-31(53)28(50)21(47)16-56-36/h20-38,46-55H,8-19H2,1-7H3/t20-,21-,22-,23-,24-,25-,26+,27-,28-,29-,30-,31-,32-,33-,34+,35+,36-,37-,38-,41+,42-,43+,44-,45+/m0/s1. The van der Waals surface area contributed by atoms with E-state index in [4.69, 9.17) is 33.2 Å². The summed E-state index contributed by atoms with van der Waals surface area (Å²) in [6.45, 7) is 13.8. The quantitative estimate of drug-likeness (QED) is 0.142. The lowest BCUT2D eigenvalue weighted by molar-refractivity contribution is -0.359. The highest BCUT2D eigenvalue weighted by Gasteiger charge is 2.85. The average molecular weight is 887 g/mol. The van der Waals surface area contributed by atoms with Crippen LogP contribution in [0.25, 0.3) is 0 Å². The molecule has 9 fully saturated rings. The molecule has 0 bridgehead atoms. The highest BCUT2D eigenvalue weighted by Crippen LogP contribution is 2.89. The molecule has 2 spiro atoms. The number of ether oxygens (including phenoxy) is 7. The fourth-order valence-corrected chi connectivity index (χ4v) is 15.8. The summed E-state index contributed by atoms with van der Waals surface area (Å²) in [6, 6.07) is 0. The van der Waals surface area contributed by atoms with E-state index in [1.54, 1.807) is 13.8 Å². The van der Waals surface area contributed by atoms with E-state index in [-0.39, 0.29) is 65.3 Å². The Labute approximate surface area is 363 Å². The minimum atomic E-state index is -1.65. The van der Waals surface area contributed by atoms with Crippen LogP contribution < -0.4 is 0 Å². The van der Waals surface area contributed by atoms with Gasteiger partial charge in [0.15, 0.2) is 18.9 Å². The van der Waals surface area contributed by atoms with Crippen molar-refractivity contribution < 1.29 is 84.2 Å². The molecule has 0 amide bonds. The zero-order valence-corrected chi connectivity index (χ0v) is 37.3. The third-order valence-electron chi connectivity index (χ3n) is 18.9. The predicted molar refractivity (Wildman–Crippen MR) is 214 cm³/mol. The third-order valence-corrected chi connectivity index (χ3v) is 18.9. The molecule has 4 heterocycles. The number of fused-ring (bicyclic) bond motifs is 2. The third kappa shape index (κ3) is 6.72. The van der Waals surface area contributed by atoms with Crippen molar-refractivity contribution in [3.05, 3.63) is 0 Å². The van der Waals surface area contributed by atoms with E-state index < -0.39 is 109 Å². The van der Waals surface area contributed by atoms with Crippen molar-refractivity contribution in [1.82, 2.24) is 0 Å². The molecule has 24 atom stereocenters. The van der Waals surface area contributed by atoms with Gasteiger partial charge >= 0.3 is 0 Å². The number of rotatable bonds is 8. The van der Waals surface area contributed by atoms with Gasteiger partial charge in [-0.2, -0.15) is 0 Å². The van der Waals surface area contributed by atoms with E-state index in [0.29, 0.717) is 25.7 Å². The largest absolute Gasteiger partial charge is 0.393 e. The predicted octanol–water partition coefficient (Wildman–Crippen LogP) is -0.173. The Morgan fingerprint density at radius 2 is 1.15 bits per heavy atom. The second-order valence-corrected chi connectivity index (χ2v) is 23.0. The maximum Gasteiger partial charge on any atom is 0.186 e. The van der Waals surface area contributed by atoms with Crippen LogP contribution in [0.5, 0.6) is 0 Å². The number of aliphatic hydroxyl groups is 10. The molecule has 17 heteroatoms. The van der Waals surface area contributed by atoms with Crippen molar-refractivity contribution >= 4 is 0 Å². The maximum atomic E-state index is 12.3. The van der Waals surface area contributed by atoms with E-state index in [2.05, 4.69) is 34.6 Å². The number of hydrogen-bond acceptors (Lipinski definition) is 17. The normalized spacial score (nSPS) is 58.5. The summed E-state index contributed by atoms with van der Waals surface area (Å²) in [5.41, 5.74) is -3.33. The fraction of sp³-hybridized carbons (Fsp3) is 1.00. The molecule has 0 radical (unpaired) electrons. The van der Waals surface area contributed by atoms with Crippen LogP contribution in [0.1, 0.15) is 106 Å². The van der Waals surface area contributed by atoms with Crippen molar-refractivity contribution in [2.45, 2.75) is 216 Å². The summed E-state index contributed by atoms with van der Waals surface area (Å²) < 4.78 is 44.0. The first-order valence-electron chi connectivity index (χ1n) is 23.2. The Bertz CT molecular complexity index is 1660. The van der Waals surface area contributed by atoms with Crippen LogP contribution in [0.15, 0.2) is 0 Å². The van der Waals surface area contributed by atoms with E-state index in [1.807, 2.05) is 0 Å². The lowest BCUT2D eigenvalue weighted by atomic mass is 9.41. The van der Waals surface area contributed by atoms with Gasteiger partial charge in [-0.05, 0) is 117 Å². The molecule has 0 unspecified atom stereocenters. The van der Waals surface area contributed by atoms with E-state index >= 15 is 0 Å². The molecule has 5 saturated carbocycles. The van der Waals surface area contributed by atoms with Crippen LogP contribution >= 0.6 is 0 Å². The van der Waals surface area contributed by atoms with E-state index in [1.165, 1.54) is 0 Å². The fourth-order valence-electron chi connectivity index (χ4n) is 15.8. The topological polar surface area (TPSA) is 267 Å². The first-order chi connectivity index (χ1) is 28.8. The molecular weight excluding hydrogens is 812 g/mol. The first kappa shape index (κ1) is 46.4. The van der Waals surface area contributed by atoms with Gasteiger partial charge in [0.25, 0.3) is 0 Å². The Kier molecular flexibility index (Phi) is 11.5. The Balaban J connectivity index is 1.03. The van der Waals surface area contributed by atoms with Crippen molar-refractivity contribution in [1.29, 1.82) is 0 Å². The number of aliphatic hydroxyl groups excluding tert-OH is 9. The minimum absolute atomic E-state index is 0.0927. The van der Waals surface area contributed by atoms with E-state index in [0.717, 1.165) is 32.1 Å². The molecule has 4 saturated heterocycles. The smallest absolute Gasteiger partial charge is 0.186 e. The summed E-state index contributed by atoms with van der Waals surface area (Å²) in [5.74, 6) is -0.256. The zero-order valence-electron chi connectivity index (χ0n) is 37.3. The van der Waals surface area contributed by atoms with Crippen molar-refractivity contribution in [3.8, 4) is 0 Å². The number of hydrogen-bond donors (Lipinski definition) is 10. The van der Waals surface area contributed by atoms with E-state index in [9.17, 15) is 51.1 Å². The Morgan fingerprint density at radius 3 is 1.74 bits per heavy atom. The molecule has 9 aliphatic rings. The van der Waals surface area contributed by atoms with Gasteiger partial charge in [0, 0.05) is 5.92 Å². The zero-order chi connectivity index (χ0) is 44.9. The Hall–Kier alpha value is -0.680. The Morgan fingerprint density at radius 1 is 0.565 bits per heavy atom. The van der Waals surface area contributed by atoms with Crippen molar-refractivity contribution in [2.24, 2.45) is 44.8 Å². The monoisotopic (exact) mass is 886 g/mol. The van der Waals surface area contributed by atoms with Gasteiger partial charge < -0.3 is 84.2 Å². The summed E-state index contributed by atoms with van der Waals surface area (Å²) >= 11 is 0. The van der Waals surface area contributed by atoms with Gasteiger partial charge in [-0.1, -0.05) is 27.7 Å². The first-order valence-corrected chi connectivity index (χ1v) is 23.2. The van der Waals surface area contributed by atoms with Crippen LogP contribution in [0.2, 0.25) is 0 Å². The summed E-state index contributed by atoms with van der Waals surface area (Å²) in [4.78, 5) is 0. The van der Waals surface area contributed by atoms with Crippen LogP contribution in [-0.4, -0.2) is 180 Å². The maximum absolute atomic E-state index is 12.3. The molecule has 5 aliphatic carbocycles. The lowest BCUT2D eigenvalue weighted by Crippen LogP contribution is -2.65. The van der Waals surface area contributed by atoms with Crippen molar-refractivity contribution in [3.63, 3.8) is 0 Å². The molecule has 0 aromatic rings. The second kappa shape index (κ2) is 15.4. The molecule has 62 heavy (non-hydrogen) atoms. The second-order valence-electron chi connectivity index (χ2n) is 23.0. The average Bonchev–Trinajstić information content (AvgIpc) is 3.56. The SMILES string of the molecule is CC(C)(O)[C@@H]1CC[C@](C)([C@@H]2[C@@H](O)C[C@@]3(C)[C@@H]4C[C@H](O[C@@H]5OC[C@H](O)[C@H](O)[C@@H]5O)[C@@H]5C(C)(C)[C@H](O[C@@H]6OC[C@H](O)[C@H](O)[C@@H]6O[C@@H]6OC[C@H](O)[C@H](O)[C@@H]6O)CC[C@@]56C[C@@]46CC[C@]23C)O1. The van der Waals surface area contributed by atoms with Crippen LogP contribution in [0, 0.1) is 44.8 Å². The van der Waals surface area contributed by atoms with Gasteiger partial charge in [0.05, 0.1) is 55.4 Å². The highest BCUT2D eigenvalue weighted by atomic mass is 16.8. The summed E-state index contributed by atoms with van der Waals surface area (Å²) in [5, 5.41) is 109. The molecule has 4 aliphatic heterocycles.